The zero-order chi connectivity index (χ0) is 15.6. The Labute approximate surface area is 125 Å². The van der Waals surface area contributed by atoms with Gasteiger partial charge in [0.1, 0.15) is 5.60 Å². The number of hydrogen-bond acceptors (Lipinski definition) is 4. The predicted octanol–water partition coefficient (Wildman–Crippen LogP) is 1.58. The monoisotopic (exact) mass is 296 g/mol. The maximum absolute atomic E-state index is 12.1. The lowest BCUT2D eigenvalue weighted by atomic mass is 10.1. The first-order valence-electron chi connectivity index (χ1n) is 7.55. The largest absolute Gasteiger partial charge is 0.444 e. The van der Waals surface area contributed by atoms with Crippen LogP contribution in [0, 0.1) is 0 Å². The Morgan fingerprint density at radius 3 is 2.48 bits per heavy atom. The quantitative estimate of drug-likeness (QED) is 0.689. The molecular weight excluding hydrogens is 272 g/mol. The molecule has 2 amide bonds. The van der Waals surface area contributed by atoms with Gasteiger partial charge in [0.05, 0.1) is 13.0 Å². The molecule has 0 aromatic heterocycles. The molecular formula is C15H24N2O4. The molecule has 118 valence electrons. The highest BCUT2D eigenvalue weighted by Crippen LogP contribution is 2.22. The van der Waals surface area contributed by atoms with E-state index < -0.39 is 5.60 Å². The van der Waals surface area contributed by atoms with Gasteiger partial charge in [0.15, 0.2) is 5.78 Å². The average Bonchev–Trinajstić information content (AvgIpc) is 2.58. The highest BCUT2D eigenvalue weighted by molar-refractivity contribution is 6.05. The van der Waals surface area contributed by atoms with Crippen molar-refractivity contribution in [2.45, 2.75) is 58.1 Å². The third-order valence-corrected chi connectivity index (χ3v) is 3.81. The molecule has 0 aliphatic carbocycles. The summed E-state index contributed by atoms with van der Waals surface area (Å²) >= 11 is 0. The summed E-state index contributed by atoms with van der Waals surface area (Å²) < 4.78 is 5.38. The number of hydrogen-bond donors (Lipinski definition) is 0. The normalized spacial score (nSPS) is 24.2. The van der Waals surface area contributed by atoms with E-state index in [-0.39, 0.29) is 36.8 Å². The van der Waals surface area contributed by atoms with Crippen molar-refractivity contribution in [2.24, 2.45) is 0 Å². The SMILES string of the molecule is CC(C)(C)OC(=O)N1CCCC(N2CC(=O)CC2=O)CC1. The molecule has 6 nitrogen and oxygen atoms in total. The fraction of sp³-hybridized carbons (Fsp3) is 0.800. The van der Waals surface area contributed by atoms with Crippen LogP contribution in [0.5, 0.6) is 0 Å². The van der Waals surface area contributed by atoms with Crippen LogP contribution >= 0.6 is 0 Å². The van der Waals surface area contributed by atoms with Crippen molar-refractivity contribution in [2.75, 3.05) is 19.6 Å². The van der Waals surface area contributed by atoms with Crippen molar-refractivity contribution < 1.29 is 19.1 Å². The standard InChI is InChI=1S/C15H24N2O4/c1-15(2,3)21-14(20)16-7-4-5-11(6-8-16)17-10-12(18)9-13(17)19/h11H,4-10H2,1-3H3. The van der Waals surface area contributed by atoms with Crippen molar-refractivity contribution in [3.8, 4) is 0 Å². The van der Waals surface area contributed by atoms with Gasteiger partial charge in [-0.2, -0.15) is 0 Å². The van der Waals surface area contributed by atoms with Crippen LogP contribution in [-0.4, -0.2) is 58.9 Å². The molecule has 2 rings (SSSR count). The molecule has 0 bridgehead atoms. The molecule has 2 aliphatic heterocycles. The van der Waals surface area contributed by atoms with Crippen molar-refractivity contribution in [1.82, 2.24) is 9.80 Å². The molecule has 2 aliphatic rings. The summed E-state index contributed by atoms with van der Waals surface area (Å²) in [4.78, 5) is 38.6. The van der Waals surface area contributed by atoms with E-state index in [9.17, 15) is 14.4 Å². The molecule has 0 spiro atoms. The zero-order valence-electron chi connectivity index (χ0n) is 13.1. The van der Waals surface area contributed by atoms with Crippen LogP contribution in [0.25, 0.3) is 0 Å². The summed E-state index contributed by atoms with van der Waals surface area (Å²) in [5.74, 6) is -0.0797. The number of ether oxygens (including phenoxy) is 1. The summed E-state index contributed by atoms with van der Waals surface area (Å²) in [5, 5.41) is 0. The average molecular weight is 296 g/mol. The smallest absolute Gasteiger partial charge is 0.410 e. The van der Waals surface area contributed by atoms with Crippen LogP contribution in [0.4, 0.5) is 4.79 Å². The van der Waals surface area contributed by atoms with Gasteiger partial charge in [0.25, 0.3) is 0 Å². The van der Waals surface area contributed by atoms with Crippen LogP contribution in [0.1, 0.15) is 46.5 Å². The molecule has 0 N–H and O–H groups in total. The van der Waals surface area contributed by atoms with E-state index >= 15 is 0 Å². The van der Waals surface area contributed by atoms with Gasteiger partial charge in [-0.05, 0) is 40.0 Å². The second-order valence-corrected chi connectivity index (χ2v) is 6.79. The maximum Gasteiger partial charge on any atom is 0.410 e. The zero-order valence-corrected chi connectivity index (χ0v) is 13.1. The molecule has 0 aromatic carbocycles. The van der Waals surface area contributed by atoms with Crippen LogP contribution in [-0.2, 0) is 14.3 Å². The van der Waals surface area contributed by atoms with Crippen molar-refractivity contribution in [1.29, 1.82) is 0 Å². The lowest BCUT2D eigenvalue weighted by molar-refractivity contribution is -0.129. The summed E-state index contributed by atoms with van der Waals surface area (Å²) in [6, 6.07) is 0.0661. The van der Waals surface area contributed by atoms with E-state index in [0.717, 1.165) is 12.8 Å². The van der Waals surface area contributed by atoms with Gasteiger partial charge in [-0.3, -0.25) is 9.59 Å². The minimum absolute atomic E-state index is 0.00625. The number of rotatable bonds is 1. The topological polar surface area (TPSA) is 66.9 Å². The Bertz CT molecular complexity index is 441. The number of ketones is 1. The van der Waals surface area contributed by atoms with Gasteiger partial charge in [-0.1, -0.05) is 0 Å². The number of carbonyl (C=O) groups is 3. The van der Waals surface area contributed by atoms with Gasteiger partial charge < -0.3 is 14.5 Å². The molecule has 1 unspecified atom stereocenters. The lowest BCUT2D eigenvalue weighted by Crippen LogP contribution is -2.39. The van der Waals surface area contributed by atoms with Crippen LogP contribution < -0.4 is 0 Å². The van der Waals surface area contributed by atoms with E-state index in [2.05, 4.69) is 0 Å². The molecule has 2 heterocycles. The number of nitrogens with zero attached hydrogens (tertiary/aromatic N) is 2. The minimum Gasteiger partial charge on any atom is -0.444 e. The predicted molar refractivity (Wildman–Crippen MR) is 76.8 cm³/mol. The van der Waals surface area contributed by atoms with Crippen molar-refractivity contribution in [3.63, 3.8) is 0 Å². The highest BCUT2D eigenvalue weighted by atomic mass is 16.6. The maximum atomic E-state index is 12.1. The van der Waals surface area contributed by atoms with E-state index in [0.29, 0.717) is 19.5 Å². The molecule has 0 aromatic rings. The molecule has 0 saturated carbocycles. The van der Waals surface area contributed by atoms with Crippen LogP contribution in [0.15, 0.2) is 0 Å². The second kappa shape index (κ2) is 6.03. The van der Waals surface area contributed by atoms with Crippen molar-refractivity contribution in [3.05, 3.63) is 0 Å². The van der Waals surface area contributed by atoms with Crippen LogP contribution in [0.2, 0.25) is 0 Å². The molecule has 21 heavy (non-hydrogen) atoms. The van der Waals surface area contributed by atoms with Gasteiger partial charge in [-0.25, -0.2) is 4.79 Å². The summed E-state index contributed by atoms with van der Waals surface area (Å²) in [7, 11) is 0. The number of carbonyl (C=O) groups excluding carboxylic acids is 3. The van der Waals surface area contributed by atoms with Crippen LogP contribution in [0.3, 0.4) is 0 Å². The van der Waals surface area contributed by atoms with E-state index in [1.165, 1.54) is 0 Å². The Balaban J connectivity index is 1.91. The van der Waals surface area contributed by atoms with Gasteiger partial charge >= 0.3 is 6.09 Å². The van der Waals surface area contributed by atoms with E-state index in [4.69, 9.17) is 4.74 Å². The number of likely N-dealkylation sites (tertiary alicyclic amines) is 2. The van der Waals surface area contributed by atoms with Crippen molar-refractivity contribution >= 4 is 17.8 Å². The molecule has 0 radical (unpaired) electrons. The lowest BCUT2D eigenvalue weighted by Gasteiger charge is -2.27. The Morgan fingerprint density at radius 1 is 1.19 bits per heavy atom. The van der Waals surface area contributed by atoms with Gasteiger partial charge in [-0.15, -0.1) is 0 Å². The Morgan fingerprint density at radius 2 is 1.90 bits per heavy atom. The van der Waals surface area contributed by atoms with E-state index in [1.807, 2.05) is 20.8 Å². The van der Waals surface area contributed by atoms with Gasteiger partial charge in [0, 0.05) is 19.1 Å². The summed E-state index contributed by atoms with van der Waals surface area (Å²) in [6.07, 6.45) is 2.09. The first kappa shape index (κ1) is 15.8. The van der Waals surface area contributed by atoms with E-state index in [1.54, 1.807) is 9.80 Å². The molecule has 2 saturated heterocycles. The highest BCUT2D eigenvalue weighted by Gasteiger charge is 2.34. The third-order valence-electron chi connectivity index (χ3n) is 3.81. The summed E-state index contributed by atoms with van der Waals surface area (Å²) in [6.45, 7) is 6.98. The Hall–Kier alpha value is -1.59. The van der Waals surface area contributed by atoms with Gasteiger partial charge in [0.2, 0.25) is 5.91 Å². The third kappa shape index (κ3) is 4.19. The minimum atomic E-state index is -0.500. The fourth-order valence-electron chi connectivity index (χ4n) is 2.84. The number of Topliss-reactive ketones (excluding diaryl/α,β-unsaturated/α-hetero) is 1. The fourth-order valence-corrected chi connectivity index (χ4v) is 2.84. The molecule has 2 fully saturated rings. The first-order chi connectivity index (χ1) is 9.76. The molecule has 6 heteroatoms. The first-order valence-corrected chi connectivity index (χ1v) is 7.55. The second-order valence-electron chi connectivity index (χ2n) is 6.79. The Kier molecular flexibility index (Phi) is 4.54. The summed E-state index contributed by atoms with van der Waals surface area (Å²) in [5.41, 5.74) is -0.500. The molecule has 1 atom stereocenters. The number of amides is 2.